The molecule has 23 heavy (non-hydrogen) atoms. The fourth-order valence-corrected chi connectivity index (χ4v) is 3.28. The van der Waals surface area contributed by atoms with E-state index >= 15 is 0 Å². The van der Waals surface area contributed by atoms with Crippen molar-refractivity contribution < 1.29 is 9.90 Å². The molecule has 0 radical (unpaired) electrons. The monoisotopic (exact) mass is 338 g/mol. The number of carbonyl (C=O) groups excluding carboxylic acids is 1. The Labute approximate surface area is 143 Å². The van der Waals surface area contributed by atoms with Crippen LogP contribution >= 0.6 is 11.6 Å². The van der Waals surface area contributed by atoms with Crippen molar-refractivity contribution in [3.05, 3.63) is 34.9 Å². The number of aliphatic hydroxyl groups is 1. The van der Waals surface area contributed by atoms with Gasteiger partial charge in [-0.2, -0.15) is 0 Å². The lowest BCUT2D eigenvalue weighted by atomic mass is 9.82. The van der Waals surface area contributed by atoms with E-state index in [9.17, 15) is 9.90 Å². The Morgan fingerprint density at radius 1 is 1.39 bits per heavy atom. The molecular weight excluding hydrogens is 312 g/mol. The zero-order valence-electron chi connectivity index (χ0n) is 14.2. The Bertz CT molecular complexity index is 534. The van der Waals surface area contributed by atoms with Crippen molar-refractivity contribution in [1.82, 2.24) is 10.2 Å². The van der Waals surface area contributed by atoms with Gasteiger partial charge in [0, 0.05) is 23.6 Å². The predicted octanol–water partition coefficient (Wildman–Crippen LogP) is 3.00. The highest BCUT2D eigenvalue weighted by Gasteiger charge is 2.34. The van der Waals surface area contributed by atoms with Crippen LogP contribution in [0.3, 0.4) is 0 Å². The Morgan fingerprint density at radius 2 is 2.04 bits per heavy atom. The number of piperidine rings is 1. The molecule has 3 atom stereocenters. The molecule has 1 saturated heterocycles. The first-order chi connectivity index (χ1) is 10.8. The van der Waals surface area contributed by atoms with Gasteiger partial charge in [-0.25, -0.2) is 0 Å². The van der Waals surface area contributed by atoms with Crippen LogP contribution in [0.1, 0.15) is 45.2 Å². The first-order valence-electron chi connectivity index (χ1n) is 8.25. The molecule has 1 aromatic carbocycles. The van der Waals surface area contributed by atoms with Gasteiger partial charge in [0.25, 0.3) is 0 Å². The summed E-state index contributed by atoms with van der Waals surface area (Å²) in [5.41, 5.74) is 0.933. The minimum absolute atomic E-state index is 0.0228. The number of benzene rings is 1. The van der Waals surface area contributed by atoms with E-state index in [0.29, 0.717) is 5.02 Å². The van der Waals surface area contributed by atoms with Crippen LogP contribution in [0, 0.1) is 5.41 Å². The molecule has 1 aliphatic rings. The van der Waals surface area contributed by atoms with Gasteiger partial charge in [0.2, 0.25) is 5.91 Å². The number of aliphatic hydroxyl groups excluding tert-OH is 1. The number of halogens is 1. The summed E-state index contributed by atoms with van der Waals surface area (Å²) < 4.78 is 0. The van der Waals surface area contributed by atoms with Crippen LogP contribution in [0.2, 0.25) is 5.02 Å². The van der Waals surface area contributed by atoms with E-state index in [1.54, 1.807) is 0 Å². The zero-order chi connectivity index (χ0) is 17.0. The molecule has 0 aliphatic carbocycles. The Morgan fingerprint density at radius 3 is 2.65 bits per heavy atom. The zero-order valence-corrected chi connectivity index (χ0v) is 14.9. The van der Waals surface area contributed by atoms with Gasteiger partial charge in [-0.3, -0.25) is 9.69 Å². The molecule has 0 saturated carbocycles. The summed E-state index contributed by atoms with van der Waals surface area (Å²) >= 11 is 5.90. The molecule has 1 heterocycles. The maximum atomic E-state index is 12.6. The summed E-state index contributed by atoms with van der Waals surface area (Å²) in [6.07, 6.45) is 2.02. The van der Waals surface area contributed by atoms with Crippen molar-refractivity contribution in [2.45, 2.75) is 45.7 Å². The van der Waals surface area contributed by atoms with Gasteiger partial charge in [0.1, 0.15) is 0 Å². The summed E-state index contributed by atoms with van der Waals surface area (Å²) in [6, 6.07) is 7.27. The molecule has 0 spiro atoms. The third kappa shape index (κ3) is 4.69. The fourth-order valence-electron chi connectivity index (χ4n) is 3.15. The van der Waals surface area contributed by atoms with Crippen molar-refractivity contribution in [2.75, 3.05) is 19.7 Å². The standard InChI is InChI=1S/C18H27ClN2O2/c1-13(15-5-7-16(19)8-6-15)20-17(23)14(2)21-10-4-9-18(3,11-21)12-22/h5-8,13-14,22H,4,9-12H2,1-3H3,(H,20,23). The van der Waals surface area contributed by atoms with E-state index in [0.717, 1.165) is 31.5 Å². The van der Waals surface area contributed by atoms with Crippen LogP contribution in [0.25, 0.3) is 0 Å². The van der Waals surface area contributed by atoms with E-state index in [1.165, 1.54) is 0 Å². The number of rotatable bonds is 5. The molecule has 2 rings (SSSR count). The highest BCUT2D eigenvalue weighted by Crippen LogP contribution is 2.29. The van der Waals surface area contributed by atoms with E-state index in [-0.39, 0.29) is 30.0 Å². The summed E-state index contributed by atoms with van der Waals surface area (Å²) in [7, 11) is 0. The number of nitrogens with one attached hydrogen (secondary N) is 1. The van der Waals surface area contributed by atoms with Crippen molar-refractivity contribution in [1.29, 1.82) is 0 Å². The lowest BCUT2D eigenvalue weighted by Gasteiger charge is -2.41. The number of carbonyl (C=O) groups is 1. The topological polar surface area (TPSA) is 52.6 Å². The SMILES string of the molecule is CC(NC(=O)C(C)N1CCCC(C)(CO)C1)c1ccc(Cl)cc1. The number of amides is 1. The molecule has 1 amide bonds. The molecule has 2 N–H and O–H groups in total. The average molecular weight is 339 g/mol. The van der Waals surface area contributed by atoms with Crippen molar-refractivity contribution >= 4 is 17.5 Å². The summed E-state index contributed by atoms with van der Waals surface area (Å²) in [5, 5.41) is 13.3. The summed E-state index contributed by atoms with van der Waals surface area (Å²) in [4.78, 5) is 14.7. The number of likely N-dealkylation sites (tertiary alicyclic amines) is 1. The molecule has 128 valence electrons. The Balaban J connectivity index is 1.95. The third-order valence-corrected chi connectivity index (χ3v) is 5.10. The highest BCUT2D eigenvalue weighted by molar-refractivity contribution is 6.30. The van der Waals surface area contributed by atoms with Gasteiger partial charge in [0.05, 0.1) is 12.1 Å². The Kier molecular flexibility index (Phi) is 6.06. The lowest BCUT2D eigenvalue weighted by molar-refractivity contribution is -0.128. The first kappa shape index (κ1) is 18.2. The fraction of sp³-hybridized carbons (Fsp3) is 0.611. The minimum atomic E-state index is -0.198. The second-order valence-electron chi connectivity index (χ2n) is 7.00. The van der Waals surface area contributed by atoms with Gasteiger partial charge in [-0.15, -0.1) is 0 Å². The van der Waals surface area contributed by atoms with Crippen molar-refractivity contribution in [3.8, 4) is 0 Å². The maximum Gasteiger partial charge on any atom is 0.237 e. The van der Waals surface area contributed by atoms with Crippen LogP contribution < -0.4 is 5.32 Å². The van der Waals surface area contributed by atoms with Gasteiger partial charge in [0.15, 0.2) is 0 Å². The number of hydrogen-bond donors (Lipinski definition) is 2. The molecule has 1 fully saturated rings. The lowest BCUT2D eigenvalue weighted by Crippen LogP contribution is -2.52. The van der Waals surface area contributed by atoms with Crippen LogP contribution in [-0.4, -0.2) is 41.7 Å². The molecule has 1 aliphatic heterocycles. The molecule has 0 aromatic heterocycles. The molecule has 1 aromatic rings. The van der Waals surface area contributed by atoms with E-state index in [4.69, 9.17) is 11.6 Å². The summed E-state index contributed by atoms with van der Waals surface area (Å²) in [6.45, 7) is 7.82. The smallest absolute Gasteiger partial charge is 0.237 e. The number of nitrogens with zero attached hydrogens (tertiary/aromatic N) is 1. The molecular formula is C18H27ClN2O2. The van der Waals surface area contributed by atoms with Gasteiger partial charge in [-0.1, -0.05) is 30.7 Å². The predicted molar refractivity (Wildman–Crippen MR) is 93.5 cm³/mol. The second kappa shape index (κ2) is 7.65. The number of hydrogen-bond acceptors (Lipinski definition) is 3. The van der Waals surface area contributed by atoms with Gasteiger partial charge < -0.3 is 10.4 Å². The van der Waals surface area contributed by atoms with E-state index < -0.39 is 0 Å². The maximum absolute atomic E-state index is 12.6. The third-order valence-electron chi connectivity index (χ3n) is 4.85. The first-order valence-corrected chi connectivity index (χ1v) is 8.63. The minimum Gasteiger partial charge on any atom is -0.396 e. The van der Waals surface area contributed by atoms with Gasteiger partial charge in [-0.05, 0) is 50.9 Å². The quantitative estimate of drug-likeness (QED) is 0.867. The highest BCUT2D eigenvalue weighted by atomic mass is 35.5. The van der Waals surface area contributed by atoms with E-state index in [1.807, 2.05) is 38.1 Å². The normalized spacial score (nSPS) is 24.9. The van der Waals surface area contributed by atoms with Crippen LogP contribution in [-0.2, 0) is 4.79 Å². The van der Waals surface area contributed by atoms with E-state index in [2.05, 4.69) is 17.1 Å². The second-order valence-corrected chi connectivity index (χ2v) is 7.44. The summed E-state index contributed by atoms with van der Waals surface area (Å²) in [5.74, 6) is 0.0228. The largest absolute Gasteiger partial charge is 0.396 e. The average Bonchev–Trinajstić information content (AvgIpc) is 2.54. The molecule has 5 heteroatoms. The molecule has 0 bridgehead atoms. The molecule has 4 nitrogen and oxygen atoms in total. The van der Waals surface area contributed by atoms with Crippen LogP contribution in [0.4, 0.5) is 0 Å². The van der Waals surface area contributed by atoms with Crippen molar-refractivity contribution in [2.24, 2.45) is 5.41 Å². The Hall–Kier alpha value is -1.10. The van der Waals surface area contributed by atoms with Gasteiger partial charge >= 0.3 is 0 Å². The van der Waals surface area contributed by atoms with Crippen LogP contribution in [0.5, 0.6) is 0 Å². The van der Waals surface area contributed by atoms with Crippen molar-refractivity contribution in [3.63, 3.8) is 0 Å². The van der Waals surface area contributed by atoms with Crippen LogP contribution in [0.15, 0.2) is 24.3 Å². The molecule has 3 unspecified atom stereocenters.